The minimum Gasteiger partial charge on any atom is -0.409 e. The van der Waals surface area contributed by atoms with Gasteiger partial charge in [-0.3, -0.25) is 0 Å². The van der Waals surface area contributed by atoms with Crippen LogP contribution in [0.3, 0.4) is 0 Å². The highest BCUT2D eigenvalue weighted by atomic mass is 32.2. The zero-order valence-corrected chi connectivity index (χ0v) is 12.5. The Balaban J connectivity index is 2.28. The number of nitrogens with one attached hydrogen (secondary N) is 1. The first-order valence-corrected chi connectivity index (χ1v) is 7.27. The third kappa shape index (κ3) is 4.14. The molecule has 0 saturated carbocycles. The molecule has 7 nitrogen and oxygen atoms in total. The number of thioether (sulfide) groups is 1. The lowest BCUT2D eigenvalue weighted by Crippen LogP contribution is -2.16. The van der Waals surface area contributed by atoms with E-state index in [-0.39, 0.29) is 34.6 Å². The minimum atomic E-state index is -4.88. The summed E-state index contributed by atoms with van der Waals surface area (Å²) in [4.78, 5) is 0. The highest BCUT2D eigenvalue weighted by molar-refractivity contribution is 7.99. The number of benzene rings is 1. The van der Waals surface area contributed by atoms with Crippen LogP contribution in [0.2, 0.25) is 0 Å². The summed E-state index contributed by atoms with van der Waals surface area (Å²) in [6, 6.07) is 2.18. The van der Waals surface area contributed by atoms with Crippen molar-refractivity contribution >= 4 is 23.3 Å². The maximum Gasteiger partial charge on any atom is 0.419 e. The second-order valence-electron chi connectivity index (χ2n) is 4.26. The standard InChI is InChI=1S/C12H10F4N4O3S/c13-8-2-1-6(5-7(8)12(14,15)16)17-10(18-22)9-11(20-23-19-9)24-4-3-21/h1-2,5,21-22H,3-4H2,(H,17,18). The van der Waals surface area contributed by atoms with E-state index in [1.807, 2.05) is 0 Å². The van der Waals surface area contributed by atoms with Crippen LogP contribution in [0.25, 0.3) is 0 Å². The molecule has 0 bridgehead atoms. The number of alkyl halides is 3. The highest BCUT2D eigenvalue weighted by Crippen LogP contribution is 2.33. The third-order valence-corrected chi connectivity index (χ3v) is 3.58. The predicted octanol–water partition coefficient (Wildman–Crippen LogP) is 2.56. The van der Waals surface area contributed by atoms with Crippen LogP contribution < -0.4 is 5.32 Å². The Hall–Kier alpha value is -2.34. The van der Waals surface area contributed by atoms with Gasteiger partial charge in [0.2, 0.25) is 5.84 Å². The Morgan fingerprint density at radius 1 is 1.33 bits per heavy atom. The molecule has 0 atom stereocenters. The Kier molecular flexibility index (Phi) is 5.62. The molecule has 0 spiro atoms. The molecule has 0 aliphatic rings. The molecule has 0 saturated heterocycles. The van der Waals surface area contributed by atoms with E-state index in [1.165, 1.54) is 0 Å². The lowest BCUT2D eigenvalue weighted by atomic mass is 10.1. The molecule has 2 rings (SSSR count). The summed E-state index contributed by atoms with van der Waals surface area (Å²) in [5, 5.41) is 30.3. The van der Waals surface area contributed by atoms with Crippen LogP contribution in [-0.4, -0.2) is 38.8 Å². The van der Waals surface area contributed by atoms with Gasteiger partial charge in [0.1, 0.15) is 5.82 Å². The van der Waals surface area contributed by atoms with Gasteiger partial charge in [0.25, 0.3) is 0 Å². The molecule has 1 aromatic heterocycles. The molecule has 1 heterocycles. The first-order chi connectivity index (χ1) is 11.4. The topological polar surface area (TPSA) is 104 Å². The molecule has 130 valence electrons. The average molecular weight is 366 g/mol. The molecule has 0 fully saturated rings. The summed E-state index contributed by atoms with van der Waals surface area (Å²) in [6.07, 6.45) is -4.88. The number of aromatic nitrogens is 2. The number of hydrogen-bond acceptors (Lipinski definition) is 7. The van der Waals surface area contributed by atoms with Gasteiger partial charge in [-0.25, -0.2) is 9.02 Å². The Bertz CT molecular complexity index is 735. The van der Waals surface area contributed by atoms with Gasteiger partial charge in [0.15, 0.2) is 10.7 Å². The molecular weight excluding hydrogens is 356 g/mol. The number of aliphatic hydroxyl groups is 1. The van der Waals surface area contributed by atoms with Crippen molar-refractivity contribution in [3.8, 4) is 0 Å². The van der Waals surface area contributed by atoms with Crippen molar-refractivity contribution in [2.24, 2.45) is 5.16 Å². The zero-order valence-electron chi connectivity index (χ0n) is 11.7. The van der Waals surface area contributed by atoms with Crippen molar-refractivity contribution in [2.75, 3.05) is 17.7 Å². The van der Waals surface area contributed by atoms with Gasteiger partial charge in [-0.2, -0.15) is 13.2 Å². The fourth-order valence-corrected chi connectivity index (χ4v) is 2.29. The Morgan fingerprint density at radius 2 is 2.08 bits per heavy atom. The minimum absolute atomic E-state index is 0.0752. The molecule has 0 unspecified atom stereocenters. The molecule has 0 radical (unpaired) electrons. The third-order valence-electron chi connectivity index (χ3n) is 2.65. The number of rotatable bonds is 5. The van der Waals surface area contributed by atoms with Crippen molar-refractivity contribution in [2.45, 2.75) is 11.2 Å². The summed E-state index contributed by atoms with van der Waals surface area (Å²) in [5.41, 5.74) is -1.73. The van der Waals surface area contributed by atoms with Crippen molar-refractivity contribution in [1.82, 2.24) is 10.3 Å². The van der Waals surface area contributed by atoms with Gasteiger partial charge in [-0.05, 0) is 28.5 Å². The number of halogens is 4. The molecule has 3 N–H and O–H groups in total. The summed E-state index contributed by atoms with van der Waals surface area (Å²) in [7, 11) is 0. The van der Waals surface area contributed by atoms with Crippen LogP contribution in [-0.2, 0) is 6.18 Å². The van der Waals surface area contributed by atoms with Gasteiger partial charge in [0.05, 0.1) is 12.2 Å². The molecule has 24 heavy (non-hydrogen) atoms. The van der Waals surface area contributed by atoms with E-state index in [0.717, 1.165) is 17.8 Å². The number of hydrogen-bond donors (Lipinski definition) is 3. The van der Waals surface area contributed by atoms with E-state index < -0.39 is 17.6 Å². The summed E-state index contributed by atoms with van der Waals surface area (Å²) in [5.74, 6) is -1.54. The monoisotopic (exact) mass is 366 g/mol. The molecular formula is C12H10F4N4O3S. The molecule has 0 aliphatic heterocycles. The smallest absolute Gasteiger partial charge is 0.409 e. The second-order valence-corrected chi connectivity index (χ2v) is 5.34. The SMILES string of the molecule is OCCSc1nonc1/C(=N\O)Nc1ccc(F)c(C(F)(F)F)c1. The normalized spacial score (nSPS) is 12.5. The van der Waals surface area contributed by atoms with Crippen molar-refractivity contribution < 1.29 is 32.5 Å². The lowest BCUT2D eigenvalue weighted by Gasteiger charge is -2.11. The van der Waals surface area contributed by atoms with Crippen LogP contribution in [0.4, 0.5) is 23.2 Å². The van der Waals surface area contributed by atoms with Crippen LogP contribution in [0, 0.1) is 5.82 Å². The Morgan fingerprint density at radius 3 is 2.71 bits per heavy atom. The molecule has 1 aromatic carbocycles. The van der Waals surface area contributed by atoms with Crippen LogP contribution in [0.5, 0.6) is 0 Å². The molecule has 2 aromatic rings. The van der Waals surface area contributed by atoms with Crippen molar-refractivity contribution in [3.05, 3.63) is 35.3 Å². The average Bonchev–Trinajstić information content (AvgIpc) is 2.99. The fourth-order valence-electron chi connectivity index (χ4n) is 1.65. The maximum atomic E-state index is 13.3. The lowest BCUT2D eigenvalue weighted by molar-refractivity contribution is -0.139. The van der Waals surface area contributed by atoms with Crippen LogP contribution in [0.1, 0.15) is 11.3 Å². The quantitative estimate of drug-likeness (QED) is 0.187. The second kappa shape index (κ2) is 7.49. The van der Waals surface area contributed by atoms with Crippen LogP contribution >= 0.6 is 11.8 Å². The Labute approximate surface area is 136 Å². The number of amidine groups is 1. The van der Waals surface area contributed by atoms with Gasteiger partial charge < -0.3 is 15.6 Å². The fraction of sp³-hybridized carbons (Fsp3) is 0.250. The predicted molar refractivity (Wildman–Crippen MR) is 75.5 cm³/mol. The molecule has 0 aliphatic carbocycles. The van der Waals surface area contributed by atoms with Gasteiger partial charge >= 0.3 is 6.18 Å². The van der Waals surface area contributed by atoms with Gasteiger partial charge in [-0.15, -0.1) is 0 Å². The van der Waals surface area contributed by atoms with Gasteiger partial charge in [0, 0.05) is 11.4 Å². The zero-order chi connectivity index (χ0) is 17.7. The summed E-state index contributed by atoms with van der Waals surface area (Å²) < 4.78 is 55.9. The van der Waals surface area contributed by atoms with E-state index in [1.54, 1.807) is 0 Å². The first-order valence-electron chi connectivity index (χ1n) is 6.29. The van der Waals surface area contributed by atoms with Crippen molar-refractivity contribution in [3.63, 3.8) is 0 Å². The highest BCUT2D eigenvalue weighted by Gasteiger charge is 2.34. The van der Waals surface area contributed by atoms with E-state index in [0.29, 0.717) is 12.1 Å². The number of aliphatic hydroxyl groups excluding tert-OH is 1. The molecule has 12 heteroatoms. The number of oxime groups is 1. The molecule has 0 amide bonds. The van der Waals surface area contributed by atoms with Crippen molar-refractivity contribution in [1.29, 1.82) is 0 Å². The van der Waals surface area contributed by atoms with E-state index in [4.69, 9.17) is 10.3 Å². The maximum absolute atomic E-state index is 13.3. The summed E-state index contributed by atoms with van der Waals surface area (Å²) >= 11 is 1.03. The van der Waals surface area contributed by atoms with Crippen LogP contribution in [0.15, 0.2) is 33.0 Å². The van der Waals surface area contributed by atoms with Gasteiger partial charge in [-0.1, -0.05) is 16.9 Å². The first kappa shape index (κ1) is 18.0. The number of nitrogens with zero attached hydrogens (tertiary/aromatic N) is 3. The summed E-state index contributed by atoms with van der Waals surface area (Å²) in [6.45, 7) is -0.164. The largest absolute Gasteiger partial charge is 0.419 e. The van der Waals surface area contributed by atoms with E-state index in [9.17, 15) is 17.6 Å². The van der Waals surface area contributed by atoms with E-state index >= 15 is 0 Å². The van der Waals surface area contributed by atoms with E-state index in [2.05, 4.69) is 25.4 Å². The number of anilines is 1.